The molecule has 0 N–H and O–H groups in total. The van der Waals surface area contributed by atoms with Gasteiger partial charge in [0.25, 0.3) is 0 Å². The van der Waals surface area contributed by atoms with Crippen molar-refractivity contribution in [2.45, 2.75) is 0 Å². The lowest BCUT2D eigenvalue weighted by molar-refractivity contribution is 1.70. The first-order chi connectivity index (χ1) is 3.00. The van der Waals surface area contributed by atoms with E-state index in [9.17, 15) is 0 Å². The zero-order chi connectivity index (χ0) is 4.24. The largest absolute Gasteiger partial charge is 0.0622 e. The maximum absolute atomic E-state index is 2.89. The number of hydrogen-bond donors (Lipinski definition) is 0. The van der Waals surface area contributed by atoms with Crippen LogP contribution in [0, 0.1) is 6.07 Å². The number of benzene rings is 1. The van der Waals surface area contributed by atoms with Crippen molar-refractivity contribution in [2.24, 2.45) is 0 Å². The Morgan fingerprint density at radius 2 is 1.50 bits per heavy atom. The first-order valence-electron chi connectivity index (χ1n) is 1.91. The van der Waals surface area contributed by atoms with E-state index in [-0.39, 0.29) is 0 Å². The highest BCUT2D eigenvalue weighted by Gasteiger charge is 1.58. The average Bonchev–Trinajstić information content (AvgIpc) is 1.72. The van der Waals surface area contributed by atoms with Crippen molar-refractivity contribution < 1.29 is 0 Å². The van der Waals surface area contributed by atoms with E-state index in [0.29, 0.717) is 0 Å². The highest BCUT2D eigenvalue weighted by atomic mass is 13.6. The maximum Gasteiger partial charge on any atom is -0.0184 e. The van der Waals surface area contributed by atoms with Gasteiger partial charge in [0, 0.05) is 0 Å². The third kappa shape index (κ3) is 0.582. The summed E-state index contributed by atoms with van der Waals surface area (Å²) in [6.45, 7) is 0. The quantitative estimate of drug-likeness (QED) is 0.440. The van der Waals surface area contributed by atoms with Gasteiger partial charge in [-0.2, -0.15) is 0 Å². The van der Waals surface area contributed by atoms with Gasteiger partial charge in [0.1, 0.15) is 0 Å². The summed E-state index contributed by atoms with van der Waals surface area (Å²) in [6, 6.07) is 12.5. The molecule has 0 aliphatic rings. The molecule has 0 atom stereocenters. The highest BCUT2D eigenvalue weighted by molar-refractivity contribution is 4.97. The Morgan fingerprint density at radius 3 is 1.67 bits per heavy atom. The fraction of sp³-hybridized carbons (Fsp3) is 0. The normalized spacial score (nSPS) is 8.00. The van der Waals surface area contributed by atoms with Crippen LogP contribution in [-0.4, -0.2) is 0 Å². The second kappa shape index (κ2) is 1.61. The van der Waals surface area contributed by atoms with Crippen molar-refractivity contribution in [3.05, 3.63) is 36.4 Å². The summed E-state index contributed by atoms with van der Waals surface area (Å²) < 4.78 is 0. The van der Waals surface area contributed by atoms with Gasteiger partial charge in [0.15, 0.2) is 0 Å². The van der Waals surface area contributed by atoms with Crippen molar-refractivity contribution in [2.75, 3.05) is 0 Å². The Morgan fingerprint density at radius 1 is 0.833 bits per heavy atom. The van der Waals surface area contributed by atoms with Crippen LogP contribution in [0.4, 0.5) is 0 Å². The molecule has 0 aliphatic heterocycles. The standard InChI is InChI=1S/C6H5/c1-2-4-6-5-3-1/h1-5H. The second-order valence-corrected chi connectivity index (χ2v) is 1.08. The van der Waals surface area contributed by atoms with Crippen LogP contribution in [0.25, 0.3) is 0 Å². The van der Waals surface area contributed by atoms with E-state index >= 15 is 0 Å². The lowest BCUT2D eigenvalue weighted by Gasteiger charge is -1.68. The van der Waals surface area contributed by atoms with Crippen LogP contribution in [0.1, 0.15) is 0 Å². The smallest absolute Gasteiger partial charge is 0.0184 e. The summed E-state index contributed by atoms with van der Waals surface area (Å²) in [4.78, 5) is 0. The zero-order valence-corrected chi connectivity index (χ0v) is 3.39. The Labute approximate surface area is 37.4 Å². The predicted octanol–water partition coefficient (Wildman–Crippen LogP) is 1.49. The van der Waals surface area contributed by atoms with Crippen LogP contribution < -0.4 is 0 Å². The summed E-state index contributed by atoms with van der Waals surface area (Å²) in [5.74, 6) is 0. The molecule has 0 heteroatoms. The van der Waals surface area contributed by atoms with Crippen LogP contribution in [0.3, 0.4) is 0 Å². The van der Waals surface area contributed by atoms with Gasteiger partial charge < -0.3 is 0 Å². The van der Waals surface area contributed by atoms with Crippen molar-refractivity contribution in [1.29, 1.82) is 0 Å². The molecule has 0 nitrogen and oxygen atoms in total. The van der Waals surface area contributed by atoms with Gasteiger partial charge in [-0.1, -0.05) is 30.3 Å². The molecule has 0 fully saturated rings. The maximum atomic E-state index is 2.89. The molecule has 1 rings (SSSR count). The van der Waals surface area contributed by atoms with E-state index in [0.717, 1.165) is 0 Å². The molecular weight excluding hydrogens is 72.1 g/mol. The van der Waals surface area contributed by atoms with Crippen LogP contribution in [-0.2, 0) is 0 Å². The van der Waals surface area contributed by atoms with Gasteiger partial charge in [0.2, 0.25) is 0 Å². The van der Waals surface area contributed by atoms with Gasteiger partial charge in [-0.15, -0.1) is 0 Å². The first kappa shape index (κ1) is 3.41. The third-order valence-corrected chi connectivity index (χ3v) is 0.607. The van der Waals surface area contributed by atoms with E-state index in [2.05, 4.69) is 6.07 Å². The van der Waals surface area contributed by atoms with Gasteiger partial charge in [-0.05, 0) is 6.07 Å². The van der Waals surface area contributed by atoms with E-state index in [1.807, 2.05) is 30.3 Å². The van der Waals surface area contributed by atoms with E-state index in [4.69, 9.17) is 0 Å². The molecule has 0 heterocycles. The minimum absolute atomic E-state index is 1.88. The molecule has 1 aromatic rings. The van der Waals surface area contributed by atoms with E-state index in [1.165, 1.54) is 0 Å². The molecule has 0 saturated heterocycles. The molecule has 0 amide bonds. The van der Waals surface area contributed by atoms with E-state index in [1.54, 1.807) is 0 Å². The second-order valence-electron chi connectivity index (χ2n) is 1.08. The summed E-state index contributed by atoms with van der Waals surface area (Å²) in [5.41, 5.74) is 0. The van der Waals surface area contributed by atoms with Gasteiger partial charge in [0.05, 0.1) is 0 Å². The van der Waals surface area contributed by atoms with Crippen LogP contribution in [0.15, 0.2) is 30.3 Å². The average molecular weight is 77.1 g/mol. The van der Waals surface area contributed by atoms with Crippen LogP contribution in [0.2, 0.25) is 0 Å². The summed E-state index contributed by atoms with van der Waals surface area (Å²) in [6.07, 6.45) is 0. The number of rotatable bonds is 0. The Kier molecular flexibility index (Phi) is 0.913. The minimum Gasteiger partial charge on any atom is -0.0622 e. The Bertz CT molecular complexity index is 72.0. The number of hydrogen-bond acceptors (Lipinski definition) is 0. The monoisotopic (exact) mass is 77.0 g/mol. The van der Waals surface area contributed by atoms with Gasteiger partial charge >= 0.3 is 0 Å². The predicted molar refractivity (Wildman–Crippen MR) is 25.3 cm³/mol. The van der Waals surface area contributed by atoms with Crippen molar-refractivity contribution in [1.82, 2.24) is 0 Å². The Balaban J connectivity index is 3.00. The van der Waals surface area contributed by atoms with Crippen LogP contribution >= 0.6 is 0 Å². The lowest BCUT2D eigenvalue weighted by atomic mass is 10.4. The van der Waals surface area contributed by atoms with Crippen molar-refractivity contribution >= 4 is 0 Å². The topological polar surface area (TPSA) is 0 Å². The Hall–Kier alpha value is -0.780. The molecule has 0 aromatic heterocycles. The molecule has 6 heavy (non-hydrogen) atoms. The van der Waals surface area contributed by atoms with Gasteiger partial charge in [-0.3, -0.25) is 0 Å². The van der Waals surface area contributed by atoms with Crippen molar-refractivity contribution in [3.8, 4) is 0 Å². The zero-order valence-electron chi connectivity index (χ0n) is 3.39. The molecule has 29 valence electrons. The minimum atomic E-state index is 1.88. The SMILES string of the molecule is [c]1ccccc1. The third-order valence-electron chi connectivity index (χ3n) is 0.607. The molecule has 0 unspecified atom stereocenters. The fourth-order valence-corrected chi connectivity index (χ4v) is 0.342. The summed E-state index contributed by atoms with van der Waals surface area (Å²) >= 11 is 0. The molecule has 1 radical (unpaired) electrons. The molecule has 0 spiro atoms. The lowest BCUT2D eigenvalue weighted by Crippen LogP contribution is -1.49. The molecule has 0 saturated carbocycles. The fourth-order valence-electron chi connectivity index (χ4n) is 0.342. The van der Waals surface area contributed by atoms with Gasteiger partial charge in [-0.25, -0.2) is 0 Å². The first-order valence-corrected chi connectivity index (χ1v) is 1.91. The summed E-state index contributed by atoms with van der Waals surface area (Å²) in [7, 11) is 0. The molecule has 0 aliphatic carbocycles. The van der Waals surface area contributed by atoms with Crippen LogP contribution in [0.5, 0.6) is 0 Å². The molecular formula is C6H5. The van der Waals surface area contributed by atoms with Crippen molar-refractivity contribution in [3.63, 3.8) is 0 Å². The molecule has 0 bridgehead atoms. The summed E-state index contributed by atoms with van der Waals surface area (Å²) in [5, 5.41) is 0. The molecule has 1 aromatic carbocycles. The highest BCUT2D eigenvalue weighted by Crippen LogP contribution is 1.78. The van der Waals surface area contributed by atoms with E-state index < -0.39 is 0 Å².